The first-order chi connectivity index (χ1) is 10.7. The highest BCUT2D eigenvalue weighted by atomic mass is 32.1. The van der Waals surface area contributed by atoms with Gasteiger partial charge in [-0.05, 0) is 29.5 Å². The summed E-state index contributed by atoms with van der Waals surface area (Å²) in [5.41, 5.74) is 0.827. The van der Waals surface area contributed by atoms with Gasteiger partial charge in [0.15, 0.2) is 11.7 Å². The summed E-state index contributed by atoms with van der Waals surface area (Å²) < 4.78 is 5.42. The Morgan fingerprint density at radius 3 is 2.82 bits per heavy atom. The van der Waals surface area contributed by atoms with Gasteiger partial charge in [-0.15, -0.1) is 21.5 Å². The van der Waals surface area contributed by atoms with E-state index in [1.807, 2.05) is 12.1 Å². The second-order valence-corrected chi connectivity index (χ2v) is 5.20. The van der Waals surface area contributed by atoms with Gasteiger partial charge in [0.2, 0.25) is 5.82 Å². The maximum atomic E-state index is 11.7. The zero-order valence-electron chi connectivity index (χ0n) is 11.6. The van der Waals surface area contributed by atoms with Gasteiger partial charge in [0.1, 0.15) is 5.75 Å². The Hall–Kier alpha value is -2.81. The summed E-state index contributed by atoms with van der Waals surface area (Å²) in [7, 11) is 1.70. The molecule has 0 saturated carbocycles. The van der Waals surface area contributed by atoms with E-state index in [0.29, 0.717) is 16.7 Å². The van der Waals surface area contributed by atoms with E-state index in [2.05, 4.69) is 25.7 Å². The maximum absolute atomic E-state index is 11.7. The number of anilines is 1. The molecule has 1 aromatic carbocycles. The molecule has 8 nitrogen and oxygen atoms in total. The lowest BCUT2D eigenvalue weighted by Crippen LogP contribution is -2.19. The second-order valence-electron chi connectivity index (χ2n) is 4.30. The first-order valence-corrected chi connectivity index (χ1v) is 7.25. The van der Waals surface area contributed by atoms with E-state index in [1.54, 1.807) is 30.8 Å². The number of benzene rings is 1. The Balaban J connectivity index is 1.56. The molecular formula is C13H12N6O2S. The van der Waals surface area contributed by atoms with Crippen molar-refractivity contribution in [1.82, 2.24) is 25.2 Å². The number of aromatic nitrogens is 5. The standard InChI is InChI=1S/C13H12N6O2S/c1-19-17-12(16-18-19)9-2-4-10(5-3-9)21-8-11(20)15-13-14-6-7-22-13/h2-7H,8H2,1H3,(H,14,15,20). The summed E-state index contributed by atoms with van der Waals surface area (Å²) in [5.74, 6) is 0.868. The molecule has 2 heterocycles. The number of carbonyl (C=O) groups is 1. The van der Waals surface area contributed by atoms with Gasteiger partial charge in [-0.1, -0.05) is 0 Å². The fourth-order valence-corrected chi connectivity index (χ4v) is 2.23. The molecule has 9 heteroatoms. The number of nitrogens with one attached hydrogen (secondary N) is 1. The van der Waals surface area contributed by atoms with Crippen LogP contribution in [0.1, 0.15) is 0 Å². The smallest absolute Gasteiger partial charge is 0.264 e. The molecule has 1 amide bonds. The third kappa shape index (κ3) is 3.44. The molecule has 0 atom stereocenters. The Morgan fingerprint density at radius 1 is 1.36 bits per heavy atom. The van der Waals surface area contributed by atoms with Crippen molar-refractivity contribution in [2.45, 2.75) is 0 Å². The summed E-state index contributed by atoms with van der Waals surface area (Å²) in [6.07, 6.45) is 1.63. The average molecular weight is 316 g/mol. The summed E-state index contributed by atoms with van der Waals surface area (Å²) in [5, 5.41) is 16.8. The number of nitrogens with zero attached hydrogens (tertiary/aromatic N) is 5. The highest BCUT2D eigenvalue weighted by Crippen LogP contribution is 2.18. The molecule has 0 saturated heterocycles. The van der Waals surface area contributed by atoms with Gasteiger partial charge in [-0.2, -0.15) is 4.80 Å². The quantitative estimate of drug-likeness (QED) is 0.763. The van der Waals surface area contributed by atoms with Crippen molar-refractivity contribution in [2.75, 3.05) is 11.9 Å². The molecule has 22 heavy (non-hydrogen) atoms. The van der Waals surface area contributed by atoms with Gasteiger partial charge in [0.05, 0.1) is 7.05 Å². The van der Waals surface area contributed by atoms with Crippen LogP contribution in [-0.2, 0) is 11.8 Å². The molecule has 0 aliphatic carbocycles. The summed E-state index contributed by atoms with van der Waals surface area (Å²) in [6, 6.07) is 7.13. The van der Waals surface area contributed by atoms with Crippen LogP contribution in [-0.4, -0.2) is 37.7 Å². The number of hydrogen-bond acceptors (Lipinski definition) is 7. The van der Waals surface area contributed by atoms with Gasteiger partial charge in [0, 0.05) is 17.1 Å². The topological polar surface area (TPSA) is 94.8 Å². The lowest BCUT2D eigenvalue weighted by Gasteiger charge is -2.06. The molecule has 3 rings (SSSR count). The lowest BCUT2D eigenvalue weighted by atomic mass is 10.2. The molecule has 1 N–H and O–H groups in total. The third-order valence-corrected chi connectivity index (χ3v) is 3.36. The third-order valence-electron chi connectivity index (χ3n) is 2.67. The first-order valence-electron chi connectivity index (χ1n) is 6.37. The van der Waals surface area contributed by atoms with Crippen molar-refractivity contribution >= 4 is 22.4 Å². The highest BCUT2D eigenvalue weighted by molar-refractivity contribution is 7.13. The van der Waals surface area contributed by atoms with E-state index >= 15 is 0 Å². The normalized spacial score (nSPS) is 10.4. The minimum absolute atomic E-state index is 0.0810. The fourth-order valence-electron chi connectivity index (χ4n) is 1.69. The molecule has 0 aliphatic rings. The van der Waals surface area contributed by atoms with Gasteiger partial charge < -0.3 is 4.74 Å². The van der Waals surface area contributed by atoms with E-state index in [1.165, 1.54) is 16.1 Å². The van der Waals surface area contributed by atoms with Crippen molar-refractivity contribution < 1.29 is 9.53 Å². The zero-order chi connectivity index (χ0) is 15.4. The molecule has 0 bridgehead atoms. The zero-order valence-corrected chi connectivity index (χ0v) is 12.4. The Labute approximate surface area is 129 Å². The predicted octanol–water partition coefficient (Wildman–Crippen LogP) is 1.35. The number of rotatable bonds is 5. The highest BCUT2D eigenvalue weighted by Gasteiger charge is 2.07. The molecular weight excluding hydrogens is 304 g/mol. The van der Waals surface area contributed by atoms with Gasteiger partial charge in [-0.3, -0.25) is 10.1 Å². The predicted molar refractivity (Wildman–Crippen MR) is 80.5 cm³/mol. The average Bonchev–Trinajstić information content (AvgIpc) is 3.17. The minimum atomic E-state index is -0.255. The number of thiazole rings is 1. The van der Waals surface area contributed by atoms with E-state index in [4.69, 9.17) is 4.74 Å². The van der Waals surface area contributed by atoms with Crippen molar-refractivity contribution in [3.05, 3.63) is 35.8 Å². The molecule has 112 valence electrons. The van der Waals surface area contributed by atoms with E-state index in [0.717, 1.165) is 5.56 Å². The number of hydrogen-bond donors (Lipinski definition) is 1. The first kappa shape index (κ1) is 14.1. The van der Waals surface area contributed by atoms with Gasteiger partial charge in [0.25, 0.3) is 5.91 Å². The summed E-state index contributed by atoms with van der Waals surface area (Å²) in [4.78, 5) is 17.0. The van der Waals surface area contributed by atoms with Crippen molar-refractivity contribution in [3.8, 4) is 17.1 Å². The van der Waals surface area contributed by atoms with Crippen LogP contribution < -0.4 is 10.1 Å². The number of carbonyl (C=O) groups excluding carboxylic acids is 1. The van der Waals surface area contributed by atoms with E-state index in [-0.39, 0.29) is 12.5 Å². The van der Waals surface area contributed by atoms with Crippen LogP contribution in [0.5, 0.6) is 5.75 Å². The van der Waals surface area contributed by atoms with Crippen LogP contribution in [0.25, 0.3) is 11.4 Å². The molecule has 3 aromatic rings. The molecule has 0 aliphatic heterocycles. The van der Waals surface area contributed by atoms with Crippen LogP contribution in [0.4, 0.5) is 5.13 Å². The molecule has 0 radical (unpaired) electrons. The van der Waals surface area contributed by atoms with Crippen molar-refractivity contribution in [2.24, 2.45) is 7.05 Å². The van der Waals surface area contributed by atoms with Crippen molar-refractivity contribution in [1.29, 1.82) is 0 Å². The minimum Gasteiger partial charge on any atom is -0.484 e. The van der Waals surface area contributed by atoms with Gasteiger partial charge >= 0.3 is 0 Å². The van der Waals surface area contributed by atoms with Crippen LogP contribution in [0.2, 0.25) is 0 Å². The van der Waals surface area contributed by atoms with Crippen LogP contribution in [0.15, 0.2) is 35.8 Å². The molecule has 2 aromatic heterocycles. The SMILES string of the molecule is Cn1nnc(-c2ccc(OCC(=O)Nc3nccs3)cc2)n1. The number of ether oxygens (including phenoxy) is 1. The Morgan fingerprint density at radius 2 is 2.18 bits per heavy atom. The number of aryl methyl sites for hydroxylation is 1. The monoisotopic (exact) mass is 316 g/mol. The Bertz CT molecular complexity index is 753. The fraction of sp³-hybridized carbons (Fsp3) is 0.154. The summed E-state index contributed by atoms with van der Waals surface area (Å²) >= 11 is 1.35. The number of tetrazole rings is 1. The van der Waals surface area contributed by atoms with Crippen LogP contribution in [0, 0.1) is 0 Å². The summed E-state index contributed by atoms with van der Waals surface area (Å²) in [6.45, 7) is -0.0810. The van der Waals surface area contributed by atoms with Crippen molar-refractivity contribution in [3.63, 3.8) is 0 Å². The van der Waals surface area contributed by atoms with Crippen LogP contribution in [0.3, 0.4) is 0 Å². The maximum Gasteiger partial charge on any atom is 0.264 e. The van der Waals surface area contributed by atoms with E-state index in [9.17, 15) is 4.79 Å². The lowest BCUT2D eigenvalue weighted by molar-refractivity contribution is -0.118. The largest absolute Gasteiger partial charge is 0.484 e. The van der Waals surface area contributed by atoms with Gasteiger partial charge in [-0.25, -0.2) is 4.98 Å². The molecule has 0 fully saturated rings. The van der Waals surface area contributed by atoms with Crippen LogP contribution >= 0.6 is 11.3 Å². The second kappa shape index (κ2) is 6.31. The Kier molecular flexibility index (Phi) is 4.05. The molecule has 0 unspecified atom stereocenters. The number of amides is 1. The molecule has 0 spiro atoms. The van der Waals surface area contributed by atoms with E-state index < -0.39 is 0 Å².